The molecule has 0 unspecified atom stereocenters. The molecule has 4 radical (unpaired) electrons. The van der Waals surface area contributed by atoms with Gasteiger partial charge in [-0.05, 0) is 0 Å². The number of rotatable bonds is 3. The Morgan fingerprint density at radius 3 is 0.833 bits per heavy atom. The van der Waals surface area contributed by atoms with Crippen LogP contribution in [0, 0.1) is 0 Å². The monoisotopic (exact) mass is 376 g/mol. The minimum Gasteiger partial charge on any atom is -0.759 e. The average Bonchev–Trinajstić information content (AvgIpc) is 1.76. The van der Waals surface area contributed by atoms with Crippen LogP contribution in [0.5, 0.6) is 0 Å². The standard InChI is InChI=1S/Fe.H3N.N.H2O8S2.H2O4S/c;;;1-9(2,3)7-8-10(4,5)6;1-5(2,3)4/h;1H3;;(H,1,2,3)(H,4,5,6);(H2,1,2,3,4)/q+2;;+1;;/p-3. The molecule has 0 aromatic heterocycles. The summed E-state index contributed by atoms with van der Waals surface area (Å²) in [4.78, 5) is 0. The molecular weight excluding hydrogens is 372 g/mol. The van der Waals surface area contributed by atoms with E-state index in [1.54, 1.807) is 0 Å². The third kappa shape index (κ3) is 73.1. The minimum absolute atomic E-state index is 0. The Balaban J connectivity index is -0.0000000621. The van der Waals surface area contributed by atoms with Gasteiger partial charge in [-0.3, -0.25) is 8.42 Å². The largest absolute Gasteiger partial charge is 2.00 e. The number of hydrogen-bond acceptors (Lipinski definition) is 12. The van der Waals surface area contributed by atoms with E-state index in [4.69, 9.17) is 17.5 Å². The van der Waals surface area contributed by atoms with Gasteiger partial charge in [-0.2, -0.15) is 0 Å². The summed E-state index contributed by atoms with van der Waals surface area (Å²) in [6, 6.07) is 0. The van der Waals surface area contributed by atoms with Crippen molar-refractivity contribution in [2.24, 2.45) is 0 Å². The molecule has 0 aliphatic carbocycles. The third-order valence-corrected chi connectivity index (χ3v) is 0.750. The average molecular weight is 376 g/mol. The molecule has 0 amide bonds. The second-order valence-electron chi connectivity index (χ2n) is 1.36. The molecule has 0 spiro atoms. The van der Waals surface area contributed by atoms with Crippen LogP contribution in [0.4, 0.5) is 0 Å². The molecule has 0 aromatic rings. The molecular formula is H4FeN2O12S3. The Labute approximate surface area is 113 Å². The van der Waals surface area contributed by atoms with E-state index in [9.17, 15) is 25.9 Å². The molecule has 0 aliphatic heterocycles. The van der Waals surface area contributed by atoms with Gasteiger partial charge >= 0.3 is 23.2 Å². The summed E-state index contributed by atoms with van der Waals surface area (Å²) in [5.74, 6) is 0. The second kappa shape index (κ2) is 10.9. The van der Waals surface area contributed by atoms with Crippen LogP contribution in [-0.4, -0.2) is 43.5 Å². The van der Waals surface area contributed by atoms with Crippen molar-refractivity contribution in [3.05, 3.63) is 0 Å². The smallest absolute Gasteiger partial charge is 0.759 e. The van der Waals surface area contributed by atoms with Gasteiger partial charge in [-0.15, -0.1) is 8.67 Å². The van der Waals surface area contributed by atoms with Crippen molar-refractivity contribution >= 4 is 31.2 Å². The number of nitrogens with zero attached hydrogens (tertiary/aromatic N) is 1. The summed E-state index contributed by atoms with van der Waals surface area (Å²) >= 11 is 0. The molecule has 0 heterocycles. The first-order chi connectivity index (χ1) is 6.21. The van der Waals surface area contributed by atoms with E-state index < -0.39 is 31.2 Å². The van der Waals surface area contributed by atoms with Crippen molar-refractivity contribution in [2.45, 2.75) is 0 Å². The fourth-order valence-corrected chi connectivity index (χ4v) is 0.612. The third-order valence-electron chi connectivity index (χ3n) is 0.194. The molecule has 18 heteroatoms. The Kier molecular flexibility index (Phi) is 18.7. The summed E-state index contributed by atoms with van der Waals surface area (Å²) in [5.41, 5.74) is 0. The van der Waals surface area contributed by atoms with Gasteiger partial charge in [-0.25, -0.2) is 16.8 Å². The van der Waals surface area contributed by atoms with Crippen molar-refractivity contribution in [3.8, 4) is 0 Å². The summed E-state index contributed by atoms with van der Waals surface area (Å²) in [6.07, 6.45) is 0. The fraction of sp³-hybridized carbons (Fsp3) is 0. The predicted octanol–water partition coefficient (Wildman–Crippen LogP) is -3.59. The molecule has 18 heavy (non-hydrogen) atoms. The zero-order chi connectivity index (χ0) is 12.9. The van der Waals surface area contributed by atoms with Crippen molar-refractivity contribution in [3.63, 3.8) is 0 Å². The molecule has 0 fully saturated rings. The summed E-state index contributed by atoms with van der Waals surface area (Å²) < 4.78 is 95.5. The van der Waals surface area contributed by atoms with E-state index >= 15 is 0 Å². The van der Waals surface area contributed by atoms with Crippen LogP contribution >= 0.6 is 0 Å². The Morgan fingerprint density at radius 1 is 0.667 bits per heavy atom. The summed E-state index contributed by atoms with van der Waals surface area (Å²) in [6.45, 7) is 0. The first-order valence-corrected chi connectivity index (χ1v) is 6.17. The molecule has 0 aliphatic rings. The zero-order valence-electron chi connectivity index (χ0n) is 7.92. The van der Waals surface area contributed by atoms with Crippen molar-refractivity contribution in [2.75, 3.05) is 0 Å². The maximum atomic E-state index is 9.37. The Morgan fingerprint density at radius 2 is 0.778 bits per heavy atom. The van der Waals surface area contributed by atoms with Crippen LogP contribution < -0.4 is 12.3 Å². The quantitative estimate of drug-likeness (QED) is 0.164. The van der Waals surface area contributed by atoms with Gasteiger partial charge in [0.2, 0.25) is 20.8 Å². The van der Waals surface area contributed by atoms with Crippen LogP contribution in [0.15, 0.2) is 0 Å². The molecule has 0 saturated heterocycles. The van der Waals surface area contributed by atoms with E-state index in [0.717, 1.165) is 0 Å². The van der Waals surface area contributed by atoms with E-state index in [0.29, 0.717) is 0 Å². The van der Waals surface area contributed by atoms with E-state index in [-0.39, 0.29) is 29.4 Å². The maximum absolute atomic E-state index is 9.37. The van der Waals surface area contributed by atoms with Crippen LogP contribution in [0.25, 0.3) is 0 Å². The first kappa shape index (κ1) is 30.8. The molecule has 0 bridgehead atoms. The van der Waals surface area contributed by atoms with Gasteiger partial charge in [0.05, 0.1) is 0 Å². The molecule has 112 valence electrons. The van der Waals surface area contributed by atoms with Crippen LogP contribution in [0.3, 0.4) is 0 Å². The van der Waals surface area contributed by atoms with Gasteiger partial charge in [0.1, 0.15) is 0 Å². The van der Waals surface area contributed by atoms with Gasteiger partial charge in [0.25, 0.3) is 0 Å². The van der Waals surface area contributed by atoms with Gasteiger partial charge in [0, 0.05) is 10.4 Å². The molecule has 4 N–H and O–H groups in total. The van der Waals surface area contributed by atoms with Gasteiger partial charge in [-0.1, -0.05) is 0 Å². The molecule has 14 nitrogen and oxygen atoms in total. The van der Waals surface area contributed by atoms with Crippen LogP contribution in [0.2, 0.25) is 0 Å². The van der Waals surface area contributed by atoms with Crippen molar-refractivity contribution < 1.29 is 69.2 Å². The van der Waals surface area contributed by atoms with Gasteiger partial charge in [0.15, 0.2) is 0 Å². The number of quaternary nitrogens is 1. The molecule has 0 rings (SSSR count). The molecule has 0 aromatic carbocycles. The van der Waals surface area contributed by atoms with Crippen LogP contribution in [-0.2, 0) is 56.9 Å². The Bertz CT molecular complexity index is 429. The van der Waals surface area contributed by atoms with E-state index in [1.807, 2.05) is 0 Å². The predicted molar refractivity (Wildman–Crippen MR) is 40.2 cm³/mol. The van der Waals surface area contributed by atoms with E-state index in [1.165, 1.54) is 0 Å². The van der Waals surface area contributed by atoms with Crippen LogP contribution in [0.1, 0.15) is 0 Å². The molecule has 0 atom stereocenters. The normalized spacial score (nSPS) is 10.7. The van der Waals surface area contributed by atoms with Crippen molar-refractivity contribution in [1.29, 1.82) is 0 Å². The summed E-state index contributed by atoms with van der Waals surface area (Å²) in [5, 5.41) is 0. The topological polar surface area (TPSA) is 280 Å². The first-order valence-electron chi connectivity index (χ1n) is 2.17. The van der Waals surface area contributed by atoms with E-state index in [2.05, 4.69) is 8.67 Å². The SMILES string of the molecule is O=S(=O)([O-])OOS(=O)(=O)[O-].O=S(=O)([O-])[O-].[Fe+2].[N+].[NH4+]. The van der Waals surface area contributed by atoms with Crippen molar-refractivity contribution in [1.82, 2.24) is 12.3 Å². The maximum Gasteiger partial charge on any atom is 2.00 e. The molecule has 0 saturated carbocycles. The summed E-state index contributed by atoms with van der Waals surface area (Å²) in [7, 11) is -15.8. The fourth-order valence-electron chi connectivity index (χ4n) is 0.0680. The number of hydrogen-bond donors (Lipinski definition) is 1. The second-order valence-corrected chi connectivity index (χ2v) is 4.08. The van der Waals surface area contributed by atoms with Gasteiger partial charge < -0.3 is 24.4 Å². The zero-order valence-corrected chi connectivity index (χ0v) is 11.5. The minimum atomic E-state index is -5.31. The Hall–Kier alpha value is 0.0495.